The summed E-state index contributed by atoms with van der Waals surface area (Å²) in [5, 5.41) is 15.0. The second kappa shape index (κ2) is 11.8. The second-order valence-electron chi connectivity index (χ2n) is 7.98. The molecule has 0 aliphatic carbocycles. The number of nitrogens with zero attached hydrogens (tertiary/aromatic N) is 1. The van der Waals surface area contributed by atoms with Crippen LogP contribution in [0.25, 0.3) is 16.8 Å². The van der Waals surface area contributed by atoms with Crippen LogP contribution in [-0.4, -0.2) is 13.0 Å². The number of fused-ring (bicyclic) bond motifs is 1. The molecule has 36 heavy (non-hydrogen) atoms. The van der Waals surface area contributed by atoms with E-state index in [0.717, 1.165) is 27.6 Å². The minimum Gasteiger partial charge on any atom is -0.497 e. The first kappa shape index (κ1) is 25.3. The predicted molar refractivity (Wildman–Crippen MR) is 146 cm³/mol. The molecule has 7 heteroatoms. The predicted octanol–water partition coefficient (Wildman–Crippen LogP) is 7.07. The molecular weight excluding hydrogens is 540 g/mol. The summed E-state index contributed by atoms with van der Waals surface area (Å²) in [4.78, 5) is 12.6. The van der Waals surface area contributed by atoms with E-state index in [9.17, 15) is 10.1 Å². The van der Waals surface area contributed by atoms with Gasteiger partial charge in [-0.25, -0.2) is 0 Å². The molecule has 0 atom stereocenters. The number of nitrogens with one attached hydrogen (secondary N) is 1. The van der Waals surface area contributed by atoms with Gasteiger partial charge in [-0.2, -0.15) is 5.26 Å². The summed E-state index contributed by atoms with van der Waals surface area (Å²) in [6.45, 7) is 0.628. The zero-order valence-corrected chi connectivity index (χ0v) is 21.8. The summed E-state index contributed by atoms with van der Waals surface area (Å²) in [6, 6.07) is 27.0. The lowest BCUT2D eigenvalue weighted by Gasteiger charge is -2.12. The number of halogens is 2. The molecule has 5 nitrogen and oxygen atoms in total. The Morgan fingerprint density at radius 3 is 2.44 bits per heavy atom. The van der Waals surface area contributed by atoms with Gasteiger partial charge in [0.25, 0.3) is 5.91 Å². The van der Waals surface area contributed by atoms with Crippen LogP contribution >= 0.6 is 27.5 Å². The van der Waals surface area contributed by atoms with Crippen molar-refractivity contribution < 1.29 is 14.3 Å². The molecule has 0 aliphatic rings. The summed E-state index contributed by atoms with van der Waals surface area (Å²) in [6.07, 6.45) is 1.49. The van der Waals surface area contributed by atoms with Crippen LogP contribution in [0.3, 0.4) is 0 Å². The van der Waals surface area contributed by atoms with Crippen LogP contribution in [0.15, 0.2) is 88.9 Å². The van der Waals surface area contributed by atoms with Crippen LogP contribution in [0.2, 0.25) is 5.02 Å². The van der Waals surface area contributed by atoms with E-state index in [1.54, 1.807) is 19.2 Å². The lowest BCUT2D eigenvalue weighted by atomic mass is 10.1. The fourth-order valence-corrected chi connectivity index (χ4v) is 4.61. The van der Waals surface area contributed by atoms with Crippen molar-refractivity contribution in [3.8, 4) is 17.6 Å². The van der Waals surface area contributed by atoms with Crippen molar-refractivity contribution in [3.05, 3.63) is 111 Å². The SMILES string of the molecule is COc1ccc(CNC(=O)/C(C#N)=C\c2cc(Cl)c(OCc3ccc4ccccc4c3)c(Br)c2)cc1. The third-order valence-electron chi connectivity index (χ3n) is 5.51. The zero-order chi connectivity index (χ0) is 25.5. The van der Waals surface area contributed by atoms with Gasteiger partial charge in [0.05, 0.1) is 16.6 Å². The van der Waals surface area contributed by atoms with Crippen LogP contribution in [-0.2, 0) is 17.9 Å². The molecule has 4 aromatic rings. The molecule has 0 aliphatic heterocycles. The first-order valence-corrected chi connectivity index (χ1v) is 12.3. The molecule has 1 amide bonds. The lowest BCUT2D eigenvalue weighted by Crippen LogP contribution is -2.23. The summed E-state index contributed by atoms with van der Waals surface area (Å²) in [5.41, 5.74) is 2.47. The van der Waals surface area contributed by atoms with E-state index in [2.05, 4.69) is 45.5 Å². The van der Waals surface area contributed by atoms with Gasteiger partial charge in [-0.05, 0) is 79.8 Å². The van der Waals surface area contributed by atoms with Crippen LogP contribution in [0.4, 0.5) is 0 Å². The van der Waals surface area contributed by atoms with Gasteiger partial charge in [0.15, 0.2) is 5.75 Å². The molecule has 0 heterocycles. The second-order valence-corrected chi connectivity index (χ2v) is 9.25. The highest BCUT2D eigenvalue weighted by Gasteiger charge is 2.13. The van der Waals surface area contributed by atoms with E-state index >= 15 is 0 Å². The van der Waals surface area contributed by atoms with Crippen molar-refractivity contribution in [1.29, 1.82) is 5.26 Å². The van der Waals surface area contributed by atoms with E-state index in [1.807, 2.05) is 48.5 Å². The maximum absolute atomic E-state index is 12.6. The number of amides is 1. The van der Waals surface area contributed by atoms with Crippen LogP contribution < -0.4 is 14.8 Å². The highest BCUT2D eigenvalue weighted by molar-refractivity contribution is 9.10. The number of benzene rings is 4. The molecule has 180 valence electrons. The average Bonchev–Trinajstić information content (AvgIpc) is 2.90. The third kappa shape index (κ3) is 6.25. The fraction of sp³-hybridized carbons (Fsp3) is 0.103. The van der Waals surface area contributed by atoms with Crippen LogP contribution in [0, 0.1) is 11.3 Å². The summed E-state index contributed by atoms with van der Waals surface area (Å²) in [7, 11) is 1.59. The first-order valence-electron chi connectivity index (χ1n) is 11.1. The molecule has 0 bridgehead atoms. The van der Waals surface area contributed by atoms with Gasteiger partial charge in [0, 0.05) is 6.54 Å². The molecule has 4 rings (SSSR count). The molecule has 0 aromatic heterocycles. The van der Waals surface area contributed by atoms with E-state index in [-0.39, 0.29) is 12.1 Å². The van der Waals surface area contributed by atoms with Crippen molar-refractivity contribution in [1.82, 2.24) is 5.32 Å². The highest BCUT2D eigenvalue weighted by atomic mass is 79.9. The first-order chi connectivity index (χ1) is 17.5. The van der Waals surface area contributed by atoms with Gasteiger partial charge in [0.1, 0.15) is 24.0 Å². The number of hydrogen-bond donors (Lipinski definition) is 1. The Hall–Kier alpha value is -3.79. The van der Waals surface area contributed by atoms with E-state index in [1.165, 1.54) is 6.08 Å². The number of methoxy groups -OCH3 is 1. The monoisotopic (exact) mass is 560 g/mol. The Labute approximate surface area is 223 Å². The fourth-order valence-electron chi connectivity index (χ4n) is 3.62. The van der Waals surface area contributed by atoms with Crippen LogP contribution in [0.1, 0.15) is 16.7 Å². The average molecular weight is 562 g/mol. The van der Waals surface area contributed by atoms with E-state index < -0.39 is 5.91 Å². The summed E-state index contributed by atoms with van der Waals surface area (Å²) >= 11 is 9.99. The highest BCUT2D eigenvalue weighted by Crippen LogP contribution is 2.36. The minimum absolute atomic E-state index is 0.0312. The molecule has 0 saturated heterocycles. The van der Waals surface area contributed by atoms with Gasteiger partial charge in [-0.1, -0.05) is 60.1 Å². The zero-order valence-electron chi connectivity index (χ0n) is 19.4. The molecule has 0 radical (unpaired) electrons. The standard InChI is InChI=1S/C29H22BrClN2O3/c1-35-25-10-7-19(8-11-25)17-33-29(34)24(16-32)13-21-14-26(30)28(27(31)15-21)36-18-20-6-9-22-4-2-3-5-23(22)12-20/h2-15H,17-18H2,1H3,(H,33,34)/b24-13-. The normalized spacial score (nSPS) is 11.1. The van der Waals surface area contributed by atoms with Gasteiger partial charge in [0.2, 0.25) is 0 Å². The number of carbonyl (C=O) groups is 1. The molecule has 0 saturated carbocycles. The van der Waals surface area contributed by atoms with E-state index in [0.29, 0.717) is 27.4 Å². The smallest absolute Gasteiger partial charge is 0.262 e. The summed E-state index contributed by atoms with van der Waals surface area (Å²) in [5.74, 6) is 0.747. The van der Waals surface area contributed by atoms with Crippen LogP contribution in [0.5, 0.6) is 11.5 Å². The number of ether oxygens (including phenoxy) is 2. The number of carbonyl (C=O) groups excluding carboxylic acids is 1. The molecule has 4 aromatic carbocycles. The Morgan fingerprint density at radius 2 is 1.75 bits per heavy atom. The van der Waals surface area contributed by atoms with Crippen molar-refractivity contribution in [2.45, 2.75) is 13.2 Å². The topological polar surface area (TPSA) is 71.3 Å². The van der Waals surface area contributed by atoms with Gasteiger partial charge >= 0.3 is 0 Å². The van der Waals surface area contributed by atoms with E-state index in [4.69, 9.17) is 21.1 Å². The molecule has 0 spiro atoms. The van der Waals surface area contributed by atoms with Gasteiger partial charge in [-0.3, -0.25) is 4.79 Å². The van der Waals surface area contributed by atoms with Crippen molar-refractivity contribution in [2.24, 2.45) is 0 Å². The number of nitriles is 1. The Kier molecular flexibility index (Phi) is 8.27. The van der Waals surface area contributed by atoms with Crippen molar-refractivity contribution in [2.75, 3.05) is 7.11 Å². The maximum Gasteiger partial charge on any atom is 0.262 e. The molecule has 0 fully saturated rings. The number of rotatable bonds is 8. The Morgan fingerprint density at radius 1 is 1.03 bits per heavy atom. The molecular formula is C29H22BrClN2O3. The number of hydrogen-bond acceptors (Lipinski definition) is 4. The minimum atomic E-state index is -0.475. The Bertz CT molecular complexity index is 1450. The largest absolute Gasteiger partial charge is 0.497 e. The van der Waals surface area contributed by atoms with Crippen molar-refractivity contribution >= 4 is 50.3 Å². The van der Waals surface area contributed by atoms with Crippen molar-refractivity contribution in [3.63, 3.8) is 0 Å². The quantitative estimate of drug-likeness (QED) is 0.185. The van der Waals surface area contributed by atoms with Gasteiger partial charge in [-0.15, -0.1) is 0 Å². The third-order valence-corrected chi connectivity index (χ3v) is 6.38. The lowest BCUT2D eigenvalue weighted by molar-refractivity contribution is -0.117. The van der Waals surface area contributed by atoms with Gasteiger partial charge < -0.3 is 14.8 Å². The molecule has 0 unspecified atom stereocenters. The summed E-state index contributed by atoms with van der Waals surface area (Å²) < 4.78 is 11.7. The molecule has 1 N–H and O–H groups in total. The Balaban J connectivity index is 1.44. The maximum atomic E-state index is 12.6.